The second kappa shape index (κ2) is 9.62. The molecule has 3 aromatic rings. The van der Waals surface area contributed by atoms with Gasteiger partial charge in [-0.3, -0.25) is 4.79 Å². The summed E-state index contributed by atoms with van der Waals surface area (Å²) in [6, 6.07) is 16.7. The number of ether oxygens (including phenoxy) is 2. The van der Waals surface area contributed by atoms with Crippen molar-refractivity contribution in [2.75, 3.05) is 25.6 Å². The van der Waals surface area contributed by atoms with E-state index in [1.807, 2.05) is 55.5 Å². The zero-order valence-corrected chi connectivity index (χ0v) is 16.6. The number of aliphatic carboxylic acids is 1. The highest BCUT2D eigenvalue weighted by Gasteiger charge is 2.12. The Bertz CT molecular complexity index is 1030. The summed E-state index contributed by atoms with van der Waals surface area (Å²) in [5.74, 6) is -0.199. The number of carbonyl (C=O) groups is 2. The van der Waals surface area contributed by atoms with Gasteiger partial charge in [0, 0.05) is 17.2 Å². The molecule has 8 heteroatoms. The van der Waals surface area contributed by atoms with Crippen LogP contribution in [0.2, 0.25) is 0 Å². The van der Waals surface area contributed by atoms with Crippen LogP contribution in [0.4, 0.5) is 5.82 Å². The monoisotopic (exact) mass is 407 g/mol. The number of carboxylic acids is 1. The molecule has 30 heavy (non-hydrogen) atoms. The summed E-state index contributed by atoms with van der Waals surface area (Å²) in [6.45, 7) is 1.04. The standard InChI is InChI=1S/C22H21N3O5/c1-14-3-5-16(6-4-14)22-23-18(15-7-9-17(29-2)10-8-15)11-19(25-22)24-20(26)12-30-13-21(27)28/h3-11H,12-13H2,1-2H3,(H,27,28)(H,23,24,25,26). The molecule has 0 unspecified atom stereocenters. The lowest BCUT2D eigenvalue weighted by Crippen LogP contribution is -2.21. The average molecular weight is 407 g/mol. The molecular weight excluding hydrogens is 386 g/mol. The van der Waals surface area contributed by atoms with Gasteiger partial charge in [-0.2, -0.15) is 0 Å². The maximum absolute atomic E-state index is 12.1. The summed E-state index contributed by atoms with van der Waals surface area (Å²) in [4.78, 5) is 31.7. The minimum absolute atomic E-state index is 0.287. The van der Waals surface area contributed by atoms with E-state index in [1.165, 1.54) is 0 Å². The second-order valence-corrected chi connectivity index (χ2v) is 6.49. The summed E-state index contributed by atoms with van der Waals surface area (Å²) < 4.78 is 10.0. The fraction of sp³-hybridized carbons (Fsp3) is 0.182. The Morgan fingerprint density at radius 2 is 1.63 bits per heavy atom. The molecule has 8 nitrogen and oxygen atoms in total. The Morgan fingerprint density at radius 3 is 2.27 bits per heavy atom. The van der Waals surface area contributed by atoms with Crippen LogP contribution in [-0.2, 0) is 14.3 Å². The zero-order valence-electron chi connectivity index (χ0n) is 16.6. The quantitative estimate of drug-likeness (QED) is 0.590. The van der Waals surface area contributed by atoms with E-state index < -0.39 is 25.1 Å². The van der Waals surface area contributed by atoms with Crippen LogP contribution in [0.15, 0.2) is 54.6 Å². The first-order chi connectivity index (χ1) is 14.4. The lowest BCUT2D eigenvalue weighted by Gasteiger charge is -2.10. The molecule has 1 amide bonds. The summed E-state index contributed by atoms with van der Waals surface area (Å²) in [5, 5.41) is 11.2. The summed E-state index contributed by atoms with van der Waals surface area (Å²) >= 11 is 0. The highest BCUT2D eigenvalue weighted by molar-refractivity contribution is 5.91. The molecule has 0 saturated carbocycles. The molecule has 0 bridgehead atoms. The van der Waals surface area contributed by atoms with Crippen molar-refractivity contribution < 1.29 is 24.2 Å². The molecule has 0 atom stereocenters. The summed E-state index contributed by atoms with van der Waals surface area (Å²) in [6.07, 6.45) is 0. The molecule has 0 saturated heterocycles. The number of aryl methyl sites for hydroxylation is 1. The van der Waals surface area contributed by atoms with Gasteiger partial charge < -0.3 is 19.9 Å². The Kier molecular flexibility index (Phi) is 6.71. The van der Waals surface area contributed by atoms with Crippen LogP contribution in [-0.4, -0.2) is 47.3 Å². The van der Waals surface area contributed by atoms with Crippen molar-refractivity contribution in [1.82, 2.24) is 9.97 Å². The molecule has 154 valence electrons. The summed E-state index contributed by atoms with van der Waals surface area (Å²) in [5.41, 5.74) is 3.34. The van der Waals surface area contributed by atoms with E-state index >= 15 is 0 Å². The Hall–Kier alpha value is -3.78. The lowest BCUT2D eigenvalue weighted by molar-refractivity contribution is -0.143. The van der Waals surface area contributed by atoms with E-state index in [-0.39, 0.29) is 5.82 Å². The zero-order chi connectivity index (χ0) is 21.5. The molecule has 2 N–H and O–H groups in total. The molecule has 0 fully saturated rings. The van der Waals surface area contributed by atoms with E-state index in [0.717, 1.165) is 22.4 Å². The molecule has 0 aliphatic carbocycles. The molecule has 0 aliphatic heterocycles. The third-order valence-electron chi connectivity index (χ3n) is 4.15. The van der Waals surface area contributed by atoms with E-state index in [0.29, 0.717) is 11.5 Å². The predicted molar refractivity (Wildman–Crippen MR) is 111 cm³/mol. The number of nitrogens with one attached hydrogen (secondary N) is 1. The first-order valence-corrected chi connectivity index (χ1v) is 9.14. The Balaban J connectivity index is 1.92. The van der Waals surface area contributed by atoms with Crippen LogP contribution < -0.4 is 10.1 Å². The number of amides is 1. The first-order valence-electron chi connectivity index (χ1n) is 9.14. The van der Waals surface area contributed by atoms with Crippen LogP contribution in [0.3, 0.4) is 0 Å². The van der Waals surface area contributed by atoms with E-state index in [2.05, 4.69) is 15.3 Å². The van der Waals surface area contributed by atoms with Crippen molar-refractivity contribution >= 4 is 17.7 Å². The van der Waals surface area contributed by atoms with Gasteiger partial charge in [-0.05, 0) is 31.2 Å². The molecule has 1 heterocycles. The van der Waals surface area contributed by atoms with Gasteiger partial charge in [0.05, 0.1) is 12.8 Å². The van der Waals surface area contributed by atoms with Gasteiger partial charge in [0.1, 0.15) is 24.8 Å². The topological polar surface area (TPSA) is 111 Å². The number of carbonyl (C=O) groups excluding carboxylic acids is 1. The fourth-order valence-electron chi connectivity index (χ4n) is 2.66. The summed E-state index contributed by atoms with van der Waals surface area (Å²) in [7, 11) is 1.59. The van der Waals surface area contributed by atoms with Crippen molar-refractivity contribution in [3.05, 3.63) is 60.2 Å². The highest BCUT2D eigenvalue weighted by atomic mass is 16.5. The largest absolute Gasteiger partial charge is 0.497 e. The van der Waals surface area contributed by atoms with Gasteiger partial charge in [-0.15, -0.1) is 0 Å². The lowest BCUT2D eigenvalue weighted by atomic mass is 10.1. The van der Waals surface area contributed by atoms with Gasteiger partial charge in [-0.25, -0.2) is 14.8 Å². The molecule has 2 aromatic carbocycles. The third kappa shape index (κ3) is 5.62. The maximum Gasteiger partial charge on any atom is 0.329 e. The van der Waals surface area contributed by atoms with Crippen LogP contribution in [0.25, 0.3) is 22.6 Å². The Morgan fingerprint density at radius 1 is 0.967 bits per heavy atom. The minimum Gasteiger partial charge on any atom is -0.497 e. The minimum atomic E-state index is -1.15. The predicted octanol–water partition coefficient (Wildman–Crippen LogP) is 3.17. The van der Waals surface area contributed by atoms with Gasteiger partial charge >= 0.3 is 5.97 Å². The van der Waals surface area contributed by atoms with Crippen molar-refractivity contribution in [2.45, 2.75) is 6.92 Å². The Labute approximate surface area is 173 Å². The van der Waals surface area contributed by atoms with Crippen LogP contribution in [0.1, 0.15) is 5.56 Å². The number of benzene rings is 2. The SMILES string of the molecule is COc1ccc(-c2cc(NC(=O)COCC(=O)O)nc(-c3ccc(C)cc3)n2)cc1. The molecule has 0 radical (unpaired) electrons. The van der Waals surface area contributed by atoms with Crippen molar-refractivity contribution in [3.8, 4) is 28.4 Å². The number of anilines is 1. The number of hydrogen-bond donors (Lipinski definition) is 2. The third-order valence-corrected chi connectivity index (χ3v) is 4.15. The van der Waals surface area contributed by atoms with E-state index in [9.17, 15) is 9.59 Å². The normalized spacial score (nSPS) is 10.5. The van der Waals surface area contributed by atoms with Gasteiger partial charge in [0.25, 0.3) is 5.91 Å². The maximum atomic E-state index is 12.1. The van der Waals surface area contributed by atoms with Crippen LogP contribution in [0.5, 0.6) is 5.75 Å². The molecule has 0 spiro atoms. The second-order valence-electron chi connectivity index (χ2n) is 6.49. The fourth-order valence-corrected chi connectivity index (χ4v) is 2.66. The highest BCUT2D eigenvalue weighted by Crippen LogP contribution is 2.26. The number of methoxy groups -OCH3 is 1. The van der Waals surface area contributed by atoms with E-state index in [4.69, 9.17) is 14.6 Å². The number of rotatable bonds is 8. The number of carboxylic acid groups (broad SMARTS) is 1. The van der Waals surface area contributed by atoms with Crippen molar-refractivity contribution in [3.63, 3.8) is 0 Å². The van der Waals surface area contributed by atoms with Crippen LogP contribution >= 0.6 is 0 Å². The molecule has 0 aliphatic rings. The van der Waals surface area contributed by atoms with Gasteiger partial charge in [0.15, 0.2) is 5.82 Å². The van der Waals surface area contributed by atoms with Gasteiger partial charge in [0.2, 0.25) is 0 Å². The van der Waals surface area contributed by atoms with Crippen molar-refractivity contribution in [1.29, 1.82) is 0 Å². The number of nitrogens with zero attached hydrogens (tertiary/aromatic N) is 2. The molecule has 1 aromatic heterocycles. The van der Waals surface area contributed by atoms with Gasteiger partial charge in [-0.1, -0.05) is 29.8 Å². The van der Waals surface area contributed by atoms with Crippen LogP contribution in [0, 0.1) is 6.92 Å². The molecular formula is C22H21N3O5. The molecule has 3 rings (SSSR count). The number of aromatic nitrogens is 2. The first kappa shape index (κ1) is 20.9. The van der Waals surface area contributed by atoms with E-state index in [1.54, 1.807) is 13.2 Å². The smallest absolute Gasteiger partial charge is 0.329 e. The number of hydrogen-bond acceptors (Lipinski definition) is 6. The average Bonchev–Trinajstić information content (AvgIpc) is 2.74. The van der Waals surface area contributed by atoms with Crippen molar-refractivity contribution in [2.24, 2.45) is 0 Å².